The lowest BCUT2D eigenvalue weighted by Crippen LogP contribution is -2.49. The summed E-state index contributed by atoms with van der Waals surface area (Å²) in [4.78, 5) is 11.1. The Balaban J connectivity index is 1.83. The standard InChI is InChI=1S/C16H22N4O/c1-16(18,15(17)21)9-5-6-10-20-12-14(11-19-20)13-7-3-2-4-8-13/h2-4,7-8,11-12H,5-6,9-10,18H2,1H3,(H2,17,21). The van der Waals surface area contributed by atoms with Crippen LogP contribution in [-0.2, 0) is 11.3 Å². The van der Waals surface area contributed by atoms with E-state index in [-0.39, 0.29) is 0 Å². The van der Waals surface area contributed by atoms with Gasteiger partial charge in [-0.15, -0.1) is 0 Å². The Kier molecular flexibility index (Phi) is 4.75. The third-order valence-corrected chi connectivity index (χ3v) is 3.64. The van der Waals surface area contributed by atoms with Crippen molar-refractivity contribution in [2.24, 2.45) is 11.5 Å². The molecule has 0 aliphatic carbocycles. The Morgan fingerprint density at radius 3 is 2.62 bits per heavy atom. The highest BCUT2D eigenvalue weighted by atomic mass is 16.1. The number of hydrogen-bond donors (Lipinski definition) is 2. The first-order chi connectivity index (χ1) is 9.99. The molecule has 1 heterocycles. The molecule has 21 heavy (non-hydrogen) atoms. The molecular formula is C16H22N4O. The van der Waals surface area contributed by atoms with Gasteiger partial charge >= 0.3 is 0 Å². The molecule has 2 aromatic rings. The molecule has 0 radical (unpaired) electrons. The molecule has 1 amide bonds. The molecule has 0 fully saturated rings. The van der Waals surface area contributed by atoms with Gasteiger partial charge < -0.3 is 11.5 Å². The monoisotopic (exact) mass is 286 g/mol. The number of unbranched alkanes of at least 4 members (excludes halogenated alkanes) is 1. The van der Waals surface area contributed by atoms with E-state index in [1.807, 2.05) is 35.3 Å². The maximum atomic E-state index is 11.1. The maximum absolute atomic E-state index is 11.1. The van der Waals surface area contributed by atoms with E-state index < -0.39 is 11.4 Å². The summed E-state index contributed by atoms with van der Waals surface area (Å²) in [5, 5.41) is 4.36. The van der Waals surface area contributed by atoms with Gasteiger partial charge in [0.2, 0.25) is 5.91 Å². The van der Waals surface area contributed by atoms with Crippen LogP contribution in [0.4, 0.5) is 0 Å². The molecule has 0 saturated heterocycles. The summed E-state index contributed by atoms with van der Waals surface area (Å²) in [5.41, 5.74) is 12.4. The SMILES string of the molecule is CC(N)(CCCCn1cc(-c2ccccc2)cn1)C(N)=O. The summed E-state index contributed by atoms with van der Waals surface area (Å²) in [5.74, 6) is -0.451. The normalized spacial score (nSPS) is 13.8. The molecule has 0 spiro atoms. The minimum Gasteiger partial charge on any atom is -0.368 e. The van der Waals surface area contributed by atoms with E-state index in [9.17, 15) is 4.79 Å². The van der Waals surface area contributed by atoms with Crippen molar-refractivity contribution in [2.75, 3.05) is 0 Å². The highest BCUT2D eigenvalue weighted by molar-refractivity contribution is 5.83. The van der Waals surface area contributed by atoms with Gasteiger partial charge in [-0.05, 0) is 31.7 Å². The van der Waals surface area contributed by atoms with Gasteiger partial charge in [-0.2, -0.15) is 5.10 Å². The van der Waals surface area contributed by atoms with E-state index in [0.717, 1.165) is 30.5 Å². The van der Waals surface area contributed by atoms with Gasteiger partial charge in [0.25, 0.3) is 0 Å². The Hall–Kier alpha value is -2.14. The third-order valence-electron chi connectivity index (χ3n) is 3.64. The number of amides is 1. The first-order valence-corrected chi connectivity index (χ1v) is 7.16. The van der Waals surface area contributed by atoms with Crippen LogP contribution in [0.2, 0.25) is 0 Å². The molecule has 1 aromatic heterocycles. The molecule has 0 bridgehead atoms. The van der Waals surface area contributed by atoms with E-state index in [1.165, 1.54) is 0 Å². The summed E-state index contributed by atoms with van der Waals surface area (Å²) in [6, 6.07) is 10.1. The predicted octanol–water partition coefficient (Wildman–Crippen LogP) is 1.92. The fourth-order valence-electron chi connectivity index (χ4n) is 2.15. The smallest absolute Gasteiger partial charge is 0.237 e. The lowest BCUT2D eigenvalue weighted by Gasteiger charge is -2.19. The van der Waals surface area contributed by atoms with Crippen LogP contribution in [0.5, 0.6) is 0 Å². The molecule has 5 heteroatoms. The summed E-state index contributed by atoms with van der Waals surface area (Å²) in [6.07, 6.45) is 6.25. The molecule has 2 rings (SSSR count). The van der Waals surface area contributed by atoms with Crippen LogP contribution in [-0.4, -0.2) is 21.2 Å². The van der Waals surface area contributed by atoms with Crippen LogP contribution in [0, 0.1) is 0 Å². The summed E-state index contributed by atoms with van der Waals surface area (Å²) < 4.78 is 1.92. The zero-order chi connectivity index (χ0) is 15.3. The van der Waals surface area contributed by atoms with Gasteiger partial charge in [-0.1, -0.05) is 30.3 Å². The highest BCUT2D eigenvalue weighted by Crippen LogP contribution is 2.18. The molecule has 1 atom stereocenters. The molecule has 1 aromatic carbocycles. The van der Waals surface area contributed by atoms with Crippen molar-refractivity contribution in [3.05, 3.63) is 42.7 Å². The number of aryl methyl sites for hydroxylation is 1. The van der Waals surface area contributed by atoms with Crippen LogP contribution < -0.4 is 11.5 Å². The fourth-order valence-corrected chi connectivity index (χ4v) is 2.15. The van der Waals surface area contributed by atoms with Gasteiger partial charge in [0.05, 0.1) is 11.7 Å². The van der Waals surface area contributed by atoms with Crippen molar-refractivity contribution >= 4 is 5.91 Å². The van der Waals surface area contributed by atoms with E-state index in [1.54, 1.807) is 6.92 Å². The van der Waals surface area contributed by atoms with Gasteiger partial charge in [0.1, 0.15) is 0 Å². The Morgan fingerprint density at radius 1 is 1.24 bits per heavy atom. The number of primary amides is 1. The van der Waals surface area contributed by atoms with Crippen LogP contribution in [0.25, 0.3) is 11.1 Å². The fraction of sp³-hybridized carbons (Fsp3) is 0.375. The van der Waals surface area contributed by atoms with E-state index in [2.05, 4.69) is 17.2 Å². The van der Waals surface area contributed by atoms with Crippen molar-refractivity contribution < 1.29 is 4.79 Å². The minimum absolute atomic E-state index is 0.451. The van der Waals surface area contributed by atoms with E-state index in [4.69, 9.17) is 11.5 Å². The second kappa shape index (κ2) is 6.54. The largest absolute Gasteiger partial charge is 0.368 e. The van der Waals surface area contributed by atoms with Crippen molar-refractivity contribution in [3.8, 4) is 11.1 Å². The number of hydrogen-bond acceptors (Lipinski definition) is 3. The maximum Gasteiger partial charge on any atom is 0.237 e. The number of benzene rings is 1. The second-order valence-corrected chi connectivity index (χ2v) is 5.60. The molecular weight excluding hydrogens is 264 g/mol. The Morgan fingerprint density at radius 2 is 1.95 bits per heavy atom. The molecule has 5 nitrogen and oxygen atoms in total. The third kappa shape index (κ3) is 4.16. The number of carbonyl (C=O) groups is 1. The van der Waals surface area contributed by atoms with Crippen molar-refractivity contribution in [2.45, 2.75) is 38.3 Å². The predicted molar refractivity (Wildman–Crippen MR) is 83.3 cm³/mol. The van der Waals surface area contributed by atoms with Crippen molar-refractivity contribution in [1.29, 1.82) is 0 Å². The number of aromatic nitrogens is 2. The molecule has 112 valence electrons. The van der Waals surface area contributed by atoms with Crippen LogP contribution in [0.15, 0.2) is 42.7 Å². The Bertz CT molecular complexity index is 589. The number of nitrogens with two attached hydrogens (primary N) is 2. The topological polar surface area (TPSA) is 86.9 Å². The van der Waals surface area contributed by atoms with E-state index in [0.29, 0.717) is 6.42 Å². The van der Waals surface area contributed by atoms with Gasteiger partial charge in [0.15, 0.2) is 0 Å². The van der Waals surface area contributed by atoms with Gasteiger partial charge in [-0.25, -0.2) is 0 Å². The molecule has 0 aliphatic rings. The zero-order valence-electron chi connectivity index (χ0n) is 12.3. The lowest BCUT2D eigenvalue weighted by molar-refractivity contribution is -0.122. The number of rotatable bonds is 7. The Labute approximate surface area is 124 Å². The first kappa shape index (κ1) is 15.3. The molecule has 1 unspecified atom stereocenters. The highest BCUT2D eigenvalue weighted by Gasteiger charge is 2.24. The number of nitrogens with zero attached hydrogens (tertiary/aromatic N) is 2. The minimum atomic E-state index is -0.917. The van der Waals surface area contributed by atoms with Crippen LogP contribution >= 0.6 is 0 Å². The van der Waals surface area contributed by atoms with Crippen LogP contribution in [0.3, 0.4) is 0 Å². The lowest BCUT2D eigenvalue weighted by atomic mass is 9.95. The second-order valence-electron chi connectivity index (χ2n) is 5.60. The van der Waals surface area contributed by atoms with Crippen molar-refractivity contribution in [1.82, 2.24) is 9.78 Å². The molecule has 0 saturated carbocycles. The quantitative estimate of drug-likeness (QED) is 0.762. The summed E-state index contributed by atoms with van der Waals surface area (Å²) in [7, 11) is 0. The summed E-state index contributed by atoms with van der Waals surface area (Å²) >= 11 is 0. The van der Waals surface area contributed by atoms with Crippen LogP contribution in [0.1, 0.15) is 26.2 Å². The van der Waals surface area contributed by atoms with Gasteiger partial charge in [0, 0.05) is 18.3 Å². The average molecular weight is 286 g/mol. The molecule has 0 aliphatic heterocycles. The van der Waals surface area contributed by atoms with Crippen molar-refractivity contribution in [3.63, 3.8) is 0 Å². The summed E-state index contributed by atoms with van der Waals surface area (Å²) in [6.45, 7) is 2.48. The zero-order valence-corrected chi connectivity index (χ0v) is 12.3. The number of carbonyl (C=O) groups excluding carboxylic acids is 1. The van der Waals surface area contributed by atoms with Gasteiger partial charge in [-0.3, -0.25) is 9.48 Å². The average Bonchev–Trinajstić information content (AvgIpc) is 2.93. The first-order valence-electron chi connectivity index (χ1n) is 7.16. The molecule has 4 N–H and O–H groups in total. The van der Waals surface area contributed by atoms with E-state index >= 15 is 0 Å².